The maximum atomic E-state index is 6.12. The summed E-state index contributed by atoms with van der Waals surface area (Å²) >= 11 is 12.0. The van der Waals surface area contributed by atoms with Crippen LogP contribution in [-0.2, 0) is 6.42 Å². The van der Waals surface area contributed by atoms with Crippen LogP contribution in [0.1, 0.15) is 25.8 Å². The van der Waals surface area contributed by atoms with E-state index in [4.69, 9.17) is 23.2 Å². The topological polar surface area (TPSA) is 12.0 Å². The highest BCUT2D eigenvalue weighted by molar-refractivity contribution is 6.35. The van der Waals surface area contributed by atoms with Gasteiger partial charge in [-0.25, -0.2) is 0 Å². The van der Waals surface area contributed by atoms with E-state index in [-0.39, 0.29) is 0 Å². The van der Waals surface area contributed by atoms with Crippen molar-refractivity contribution >= 4 is 23.2 Å². The van der Waals surface area contributed by atoms with Gasteiger partial charge in [0.1, 0.15) is 0 Å². The van der Waals surface area contributed by atoms with Crippen molar-refractivity contribution in [3.63, 3.8) is 0 Å². The molecule has 1 nitrogen and oxygen atoms in total. The average Bonchev–Trinajstić information content (AvgIpc) is 2.21. The van der Waals surface area contributed by atoms with Crippen molar-refractivity contribution in [2.24, 2.45) is 0 Å². The molecule has 1 rings (SSSR count). The molecule has 0 bridgehead atoms. The Bertz CT molecular complexity index is 312. The van der Waals surface area contributed by atoms with Crippen LogP contribution in [0.2, 0.25) is 10.0 Å². The van der Waals surface area contributed by atoms with E-state index < -0.39 is 0 Å². The molecule has 1 atom stereocenters. The van der Waals surface area contributed by atoms with Gasteiger partial charge in [0.15, 0.2) is 0 Å². The van der Waals surface area contributed by atoms with Gasteiger partial charge in [0.05, 0.1) is 0 Å². The first kappa shape index (κ1) is 12.8. The molecule has 0 aliphatic rings. The van der Waals surface area contributed by atoms with Crippen molar-refractivity contribution in [2.75, 3.05) is 6.54 Å². The zero-order valence-corrected chi connectivity index (χ0v) is 10.7. The molecule has 0 saturated carbocycles. The normalized spacial score (nSPS) is 12.8. The van der Waals surface area contributed by atoms with Crippen LogP contribution in [0.5, 0.6) is 0 Å². The van der Waals surface area contributed by atoms with Crippen molar-refractivity contribution in [2.45, 2.75) is 32.7 Å². The van der Waals surface area contributed by atoms with E-state index in [9.17, 15) is 0 Å². The molecule has 1 aromatic carbocycles. The summed E-state index contributed by atoms with van der Waals surface area (Å²) in [6.45, 7) is 5.28. The summed E-state index contributed by atoms with van der Waals surface area (Å²) in [5.41, 5.74) is 1.16. The number of hydrogen-bond donors (Lipinski definition) is 1. The molecule has 0 fully saturated rings. The third kappa shape index (κ3) is 4.02. The standard InChI is InChI=1S/C12H17Cl2N/c1-3-11(15-4-2)7-9-5-6-10(13)8-12(9)14/h5-6,8,11,15H,3-4,7H2,1-2H3. The summed E-state index contributed by atoms with van der Waals surface area (Å²) in [5, 5.41) is 4.89. The van der Waals surface area contributed by atoms with Crippen LogP contribution in [0.25, 0.3) is 0 Å². The molecule has 0 spiro atoms. The van der Waals surface area contributed by atoms with Crippen LogP contribution >= 0.6 is 23.2 Å². The number of hydrogen-bond acceptors (Lipinski definition) is 1. The first-order chi connectivity index (χ1) is 7.17. The highest BCUT2D eigenvalue weighted by atomic mass is 35.5. The van der Waals surface area contributed by atoms with Gasteiger partial charge in [0.25, 0.3) is 0 Å². The summed E-state index contributed by atoms with van der Waals surface area (Å²) in [6.07, 6.45) is 2.06. The van der Waals surface area contributed by atoms with E-state index in [1.54, 1.807) is 6.07 Å². The van der Waals surface area contributed by atoms with E-state index in [2.05, 4.69) is 19.2 Å². The molecule has 0 aromatic heterocycles. The number of nitrogens with one attached hydrogen (secondary N) is 1. The fourth-order valence-corrected chi connectivity index (χ4v) is 2.09. The highest BCUT2D eigenvalue weighted by Gasteiger charge is 2.08. The second-order valence-electron chi connectivity index (χ2n) is 3.60. The van der Waals surface area contributed by atoms with E-state index in [0.29, 0.717) is 11.1 Å². The molecule has 1 N–H and O–H groups in total. The molecule has 84 valence electrons. The SMILES string of the molecule is CCNC(CC)Cc1ccc(Cl)cc1Cl. The summed E-state index contributed by atoms with van der Waals surface area (Å²) in [5.74, 6) is 0. The van der Waals surface area contributed by atoms with Crippen LogP contribution in [0, 0.1) is 0 Å². The largest absolute Gasteiger partial charge is 0.314 e. The van der Waals surface area contributed by atoms with Crippen molar-refractivity contribution in [3.8, 4) is 0 Å². The zero-order valence-electron chi connectivity index (χ0n) is 9.19. The second-order valence-corrected chi connectivity index (χ2v) is 4.45. The van der Waals surface area contributed by atoms with Crippen molar-refractivity contribution in [3.05, 3.63) is 33.8 Å². The van der Waals surface area contributed by atoms with Crippen molar-refractivity contribution < 1.29 is 0 Å². The monoisotopic (exact) mass is 245 g/mol. The van der Waals surface area contributed by atoms with E-state index in [1.807, 2.05) is 12.1 Å². The summed E-state index contributed by atoms with van der Waals surface area (Å²) in [6, 6.07) is 6.19. The van der Waals surface area contributed by atoms with Crippen LogP contribution in [0.3, 0.4) is 0 Å². The zero-order chi connectivity index (χ0) is 11.3. The Labute approximate surface area is 102 Å². The van der Waals surface area contributed by atoms with Crippen molar-refractivity contribution in [1.82, 2.24) is 5.32 Å². The molecule has 1 aromatic rings. The maximum Gasteiger partial charge on any atom is 0.0453 e. The molecular formula is C12H17Cl2N. The molecule has 0 aliphatic carbocycles. The van der Waals surface area contributed by atoms with Crippen LogP contribution in [-0.4, -0.2) is 12.6 Å². The van der Waals surface area contributed by atoms with Gasteiger partial charge in [0.2, 0.25) is 0 Å². The number of likely N-dealkylation sites (N-methyl/N-ethyl adjacent to an activating group) is 1. The lowest BCUT2D eigenvalue weighted by molar-refractivity contribution is 0.510. The molecule has 3 heteroatoms. The van der Waals surface area contributed by atoms with Crippen molar-refractivity contribution in [1.29, 1.82) is 0 Å². The van der Waals surface area contributed by atoms with Gasteiger partial charge < -0.3 is 5.32 Å². The summed E-state index contributed by atoms with van der Waals surface area (Å²) in [4.78, 5) is 0. The molecule has 0 heterocycles. The smallest absolute Gasteiger partial charge is 0.0453 e. The number of halogens is 2. The molecule has 15 heavy (non-hydrogen) atoms. The predicted octanol–water partition coefficient (Wildman–Crippen LogP) is 3.92. The lowest BCUT2D eigenvalue weighted by Crippen LogP contribution is -2.30. The third-order valence-electron chi connectivity index (χ3n) is 2.47. The first-order valence-corrected chi connectivity index (χ1v) is 6.10. The summed E-state index contributed by atoms with van der Waals surface area (Å²) in [7, 11) is 0. The van der Waals surface area contributed by atoms with Gasteiger partial charge in [-0.05, 0) is 37.1 Å². The van der Waals surface area contributed by atoms with E-state index >= 15 is 0 Å². The molecule has 0 amide bonds. The molecule has 0 radical (unpaired) electrons. The Morgan fingerprint density at radius 2 is 2.00 bits per heavy atom. The van der Waals surface area contributed by atoms with E-state index in [1.165, 1.54) is 0 Å². The Kier molecular flexibility index (Phi) is 5.44. The van der Waals surface area contributed by atoms with Crippen LogP contribution in [0.15, 0.2) is 18.2 Å². The fraction of sp³-hybridized carbons (Fsp3) is 0.500. The predicted molar refractivity (Wildman–Crippen MR) is 67.9 cm³/mol. The lowest BCUT2D eigenvalue weighted by Gasteiger charge is -2.16. The number of benzene rings is 1. The van der Waals surface area contributed by atoms with Gasteiger partial charge in [-0.15, -0.1) is 0 Å². The minimum absolute atomic E-state index is 0.494. The summed E-state index contributed by atoms with van der Waals surface area (Å²) < 4.78 is 0. The van der Waals surface area contributed by atoms with Gasteiger partial charge in [-0.2, -0.15) is 0 Å². The highest BCUT2D eigenvalue weighted by Crippen LogP contribution is 2.22. The molecule has 1 unspecified atom stereocenters. The molecule has 0 saturated heterocycles. The van der Waals surface area contributed by atoms with Gasteiger partial charge >= 0.3 is 0 Å². The first-order valence-electron chi connectivity index (χ1n) is 5.34. The minimum atomic E-state index is 0.494. The fourth-order valence-electron chi connectivity index (χ4n) is 1.60. The van der Waals surface area contributed by atoms with Gasteiger partial charge in [0, 0.05) is 16.1 Å². The lowest BCUT2D eigenvalue weighted by atomic mass is 10.0. The van der Waals surface area contributed by atoms with Crippen LogP contribution < -0.4 is 5.32 Å². The van der Waals surface area contributed by atoms with Gasteiger partial charge in [-0.1, -0.05) is 43.1 Å². The maximum absolute atomic E-state index is 6.12. The Morgan fingerprint density at radius 3 is 2.53 bits per heavy atom. The van der Waals surface area contributed by atoms with Gasteiger partial charge in [-0.3, -0.25) is 0 Å². The Hall–Kier alpha value is -0.240. The molecular weight excluding hydrogens is 229 g/mol. The number of rotatable bonds is 5. The Morgan fingerprint density at radius 1 is 1.27 bits per heavy atom. The van der Waals surface area contributed by atoms with E-state index in [0.717, 1.165) is 30.0 Å². The Balaban J connectivity index is 2.70. The second kappa shape index (κ2) is 6.37. The minimum Gasteiger partial charge on any atom is -0.314 e. The average molecular weight is 246 g/mol. The van der Waals surface area contributed by atoms with Crippen LogP contribution in [0.4, 0.5) is 0 Å². The molecule has 0 aliphatic heterocycles. The third-order valence-corrected chi connectivity index (χ3v) is 3.05. The quantitative estimate of drug-likeness (QED) is 0.830.